The predicted molar refractivity (Wildman–Crippen MR) is 119 cm³/mol. The van der Waals surface area contributed by atoms with Crippen molar-refractivity contribution in [3.63, 3.8) is 0 Å². The summed E-state index contributed by atoms with van der Waals surface area (Å²) < 4.78 is 5.79. The third-order valence-electron chi connectivity index (χ3n) is 5.75. The topological polar surface area (TPSA) is 70.7 Å². The maximum atomic E-state index is 12.7. The van der Waals surface area contributed by atoms with E-state index in [4.69, 9.17) is 4.74 Å². The number of nitrogens with one attached hydrogen (secondary N) is 2. The van der Waals surface area contributed by atoms with Crippen molar-refractivity contribution in [3.05, 3.63) is 54.1 Å². The molecule has 2 aromatic rings. The molecular formula is C24H29N3O3. The molecule has 2 amide bonds. The normalized spacial score (nSPS) is 25.5. The lowest BCUT2D eigenvalue weighted by Crippen LogP contribution is -2.45. The average molecular weight is 408 g/mol. The van der Waals surface area contributed by atoms with Gasteiger partial charge in [0.2, 0.25) is 5.91 Å². The third-order valence-corrected chi connectivity index (χ3v) is 5.75. The van der Waals surface area contributed by atoms with Gasteiger partial charge in [0.1, 0.15) is 0 Å². The lowest BCUT2D eigenvalue weighted by molar-refractivity contribution is -0.117. The number of hydrogen-bond donors (Lipinski definition) is 2. The highest BCUT2D eigenvalue weighted by atomic mass is 16.5. The van der Waals surface area contributed by atoms with Crippen molar-refractivity contribution in [2.24, 2.45) is 11.8 Å². The molecule has 2 aliphatic rings. The van der Waals surface area contributed by atoms with Crippen molar-refractivity contribution in [1.29, 1.82) is 0 Å². The molecule has 2 aromatic carbocycles. The van der Waals surface area contributed by atoms with E-state index in [1.54, 1.807) is 24.3 Å². The second-order valence-electron chi connectivity index (χ2n) is 8.55. The smallest absolute Gasteiger partial charge is 0.255 e. The Balaban J connectivity index is 1.38. The van der Waals surface area contributed by atoms with E-state index in [1.165, 1.54) is 0 Å². The summed E-state index contributed by atoms with van der Waals surface area (Å²) in [6.07, 6.45) is 1.33. The van der Waals surface area contributed by atoms with E-state index in [0.717, 1.165) is 30.9 Å². The number of carbonyl (C=O) groups excluding carboxylic acids is 2. The summed E-state index contributed by atoms with van der Waals surface area (Å²) in [6, 6.07) is 14.9. The van der Waals surface area contributed by atoms with Gasteiger partial charge in [0, 0.05) is 41.6 Å². The van der Waals surface area contributed by atoms with Gasteiger partial charge in [0.05, 0.1) is 12.2 Å². The van der Waals surface area contributed by atoms with Gasteiger partial charge in [-0.3, -0.25) is 9.59 Å². The maximum absolute atomic E-state index is 12.7. The number of benzene rings is 2. The molecule has 1 aliphatic carbocycles. The van der Waals surface area contributed by atoms with Crippen LogP contribution in [0, 0.1) is 11.8 Å². The van der Waals surface area contributed by atoms with Crippen LogP contribution in [0.15, 0.2) is 48.5 Å². The Bertz CT molecular complexity index is 918. The number of anilines is 3. The highest BCUT2D eigenvalue weighted by molar-refractivity contribution is 6.05. The summed E-state index contributed by atoms with van der Waals surface area (Å²) in [5.74, 6) is 0.372. The highest BCUT2D eigenvalue weighted by Crippen LogP contribution is 2.38. The molecule has 0 radical (unpaired) electrons. The van der Waals surface area contributed by atoms with Gasteiger partial charge in [0.25, 0.3) is 5.91 Å². The van der Waals surface area contributed by atoms with Crippen LogP contribution in [0.1, 0.15) is 37.6 Å². The van der Waals surface area contributed by atoms with Crippen molar-refractivity contribution < 1.29 is 14.3 Å². The van der Waals surface area contributed by atoms with Gasteiger partial charge in [-0.05, 0) is 68.7 Å². The van der Waals surface area contributed by atoms with Crippen LogP contribution in [0.2, 0.25) is 0 Å². The van der Waals surface area contributed by atoms with Gasteiger partial charge in [-0.25, -0.2) is 0 Å². The van der Waals surface area contributed by atoms with Crippen molar-refractivity contribution in [2.45, 2.75) is 39.4 Å². The van der Waals surface area contributed by atoms with Gasteiger partial charge in [-0.2, -0.15) is 0 Å². The van der Waals surface area contributed by atoms with Crippen LogP contribution in [0.3, 0.4) is 0 Å². The highest BCUT2D eigenvalue weighted by Gasteiger charge is 2.39. The van der Waals surface area contributed by atoms with E-state index in [-0.39, 0.29) is 29.9 Å². The van der Waals surface area contributed by atoms with Crippen molar-refractivity contribution in [2.75, 3.05) is 28.6 Å². The number of amides is 2. The molecule has 6 heteroatoms. The molecule has 1 aliphatic heterocycles. The van der Waals surface area contributed by atoms with E-state index >= 15 is 0 Å². The summed E-state index contributed by atoms with van der Waals surface area (Å²) in [4.78, 5) is 27.1. The largest absolute Gasteiger partial charge is 0.372 e. The SMILES string of the molecule is CC1CN(c2ccc(NC(=O)c3cccc(NC(=O)C4CC4C)c3)cc2)CC(C)O1. The molecule has 1 saturated carbocycles. The first-order valence-corrected chi connectivity index (χ1v) is 10.6. The minimum absolute atomic E-state index is 0.0300. The fourth-order valence-electron chi connectivity index (χ4n) is 4.01. The molecule has 0 bridgehead atoms. The molecule has 6 nitrogen and oxygen atoms in total. The van der Waals surface area contributed by atoms with Crippen LogP contribution in [-0.4, -0.2) is 37.1 Å². The molecule has 158 valence electrons. The van der Waals surface area contributed by atoms with Gasteiger partial charge in [-0.1, -0.05) is 13.0 Å². The summed E-state index contributed by atoms with van der Waals surface area (Å²) in [5.41, 5.74) is 3.02. The van der Waals surface area contributed by atoms with Crippen LogP contribution in [0.25, 0.3) is 0 Å². The number of rotatable bonds is 5. The van der Waals surface area contributed by atoms with Crippen LogP contribution in [0.5, 0.6) is 0 Å². The van der Waals surface area contributed by atoms with Gasteiger partial charge in [-0.15, -0.1) is 0 Å². The monoisotopic (exact) mass is 407 g/mol. The Morgan fingerprint density at radius 2 is 1.60 bits per heavy atom. The van der Waals surface area contributed by atoms with Crippen molar-refractivity contribution >= 4 is 28.9 Å². The van der Waals surface area contributed by atoms with Crippen LogP contribution in [-0.2, 0) is 9.53 Å². The zero-order valence-corrected chi connectivity index (χ0v) is 17.7. The molecule has 30 heavy (non-hydrogen) atoms. The first-order valence-electron chi connectivity index (χ1n) is 10.6. The molecule has 4 atom stereocenters. The van der Waals surface area contributed by atoms with Crippen molar-refractivity contribution in [3.8, 4) is 0 Å². The summed E-state index contributed by atoms with van der Waals surface area (Å²) >= 11 is 0. The zero-order chi connectivity index (χ0) is 21.3. The Labute approximate surface area is 177 Å². The summed E-state index contributed by atoms with van der Waals surface area (Å²) in [5, 5.41) is 5.84. The molecule has 0 spiro atoms. The Morgan fingerprint density at radius 1 is 0.933 bits per heavy atom. The fourth-order valence-corrected chi connectivity index (χ4v) is 4.01. The Hall–Kier alpha value is -2.86. The zero-order valence-electron chi connectivity index (χ0n) is 17.7. The second kappa shape index (κ2) is 8.48. The summed E-state index contributed by atoms with van der Waals surface area (Å²) in [6.45, 7) is 7.94. The lowest BCUT2D eigenvalue weighted by atomic mass is 10.1. The van der Waals surface area contributed by atoms with Crippen LogP contribution in [0.4, 0.5) is 17.1 Å². The van der Waals surface area contributed by atoms with Crippen LogP contribution < -0.4 is 15.5 Å². The lowest BCUT2D eigenvalue weighted by Gasteiger charge is -2.36. The second-order valence-corrected chi connectivity index (χ2v) is 8.55. The van der Waals surface area contributed by atoms with E-state index in [1.807, 2.05) is 24.3 Å². The fraction of sp³-hybridized carbons (Fsp3) is 0.417. The maximum Gasteiger partial charge on any atom is 0.255 e. The molecule has 1 saturated heterocycles. The predicted octanol–water partition coefficient (Wildman–Crippen LogP) is 4.15. The molecular weight excluding hydrogens is 378 g/mol. The van der Waals surface area contributed by atoms with Crippen molar-refractivity contribution in [1.82, 2.24) is 0 Å². The Kier molecular flexibility index (Phi) is 5.77. The van der Waals surface area contributed by atoms with E-state index in [0.29, 0.717) is 17.2 Å². The third kappa shape index (κ3) is 4.82. The number of hydrogen-bond acceptors (Lipinski definition) is 4. The summed E-state index contributed by atoms with van der Waals surface area (Å²) in [7, 11) is 0. The Morgan fingerprint density at radius 3 is 2.23 bits per heavy atom. The number of ether oxygens (including phenoxy) is 1. The number of carbonyl (C=O) groups is 2. The molecule has 4 rings (SSSR count). The van der Waals surface area contributed by atoms with Crippen LogP contribution >= 0.6 is 0 Å². The quantitative estimate of drug-likeness (QED) is 0.781. The van der Waals surface area contributed by atoms with Gasteiger partial charge in [0.15, 0.2) is 0 Å². The standard InChI is InChI=1S/C24H29N3O3/c1-15-11-22(15)24(29)26-20-6-4-5-18(12-20)23(28)25-19-7-9-21(10-8-19)27-13-16(2)30-17(3)14-27/h4-10,12,15-17,22H,11,13-14H2,1-3H3,(H,25,28)(H,26,29). The van der Waals surface area contributed by atoms with E-state index in [9.17, 15) is 9.59 Å². The average Bonchev–Trinajstić information content (AvgIpc) is 3.45. The van der Waals surface area contributed by atoms with Gasteiger partial charge >= 0.3 is 0 Å². The first kappa shape index (κ1) is 20.4. The van der Waals surface area contributed by atoms with Gasteiger partial charge < -0.3 is 20.3 Å². The molecule has 4 unspecified atom stereocenters. The molecule has 0 aromatic heterocycles. The molecule has 1 heterocycles. The minimum atomic E-state index is -0.202. The first-order chi connectivity index (χ1) is 14.4. The molecule has 2 fully saturated rings. The number of morpholine rings is 1. The van der Waals surface area contributed by atoms with E-state index in [2.05, 4.69) is 36.3 Å². The molecule has 2 N–H and O–H groups in total. The van der Waals surface area contributed by atoms with E-state index < -0.39 is 0 Å². The minimum Gasteiger partial charge on any atom is -0.372 e. The number of nitrogens with zero attached hydrogens (tertiary/aromatic N) is 1.